The highest BCUT2D eigenvalue weighted by atomic mass is 19.4. The van der Waals surface area contributed by atoms with Crippen LogP contribution in [0.25, 0.3) is 0 Å². The molecular formula is C32H43F3N4O. The van der Waals surface area contributed by atoms with E-state index in [-0.39, 0.29) is 45.2 Å². The maximum Gasteiger partial charge on any atom is 0.416 e. The van der Waals surface area contributed by atoms with Gasteiger partial charge in [-0.15, -0.1) is 0 Å². The molecule has 1 amide bonds. The van der Waals surface area contributed by atoms with E-state index in [1.54, 1.807) is 0 Å². The van der Waals surface area contributed by atoms with Crippen LogP contribution in [0.15, 0.2) is 36.5 Å². The lowest BCUT2D eigenvalue weighted by molar-refractivity contribution is -0.164. The molecule has 7 rings (SSSR count). The Morgan fingerprint density at radius 2 is 1.48 bits per heavy atom. The lowest BCUT2D eigenvalue weighted by Gasteiger charge is -2.69. The maximum absolute atomic E-state index is 14.0. The standard InChI is InChI=1S/C32H43F3N4O/c1-27(2,3)39-12-11-23(38-39)22-13-24(36-25(22)20-7-9-21(10-8-20)32(33,34)35)26(40)37-31-17-28(4)14-29(5,18-31)16-30(6,15-28)19-31/h7-12,22,24-25,36H,13-19H2,1-6H3,(H,37,40)/t22-,24-,25-,28?,29?,30?,31?/m0/s1. The highest BCUT2D eigenvalue weighted by molar-refractivity contribution is 5.83. The summed E-state index contributed by atoms with van der Waals surface area (Å²) in [5.41, 5.74) is 1.27. The van der Waals surface area contributed by atoms with E-state index in [1.807, 2.05) is 16.9 Å². The van der Waals surface area contributed by atoms with Gasteiger partial charge in [0.05, 0.1) is 22.8 Å². The average molecular weight is 557 g/mol. The summed E-state index contributed by atoms with van der Waals surface area (Å²) in [4.78, 5) is 14.0. The maximum atomic E-state index is 14.0. The first-order valence-corrected chi connectivity index (χ1v) is 14.7. The molecule has 3 atom stereocenters. The SMILES string of the molecule is CC12CC3(C)CC(C)(C1)CC(NC(=O)[C@@H]1C[C@@H](c4ccn(C(C)(C)C)n4)[C@H](c4ccc(C(F)(F)F)cc4)N1)(C2)C3. The highest BCUT2D eigenvalue weighted by Gasteiger charge is 2.64. The van der Waals surface area contributed by atoms with Crippen LogP contribution < -0.4 is 10.6 Å². The van der Waals surface area contributed by atoms with Crippen LogP contribution in [0.1, 0.15) is 115 Å². The van der Waals surface area contributed by atoms with Crippen LogP contribution in [0, 0.1) is 16.2 Å². The normalized spacial score (nSPS) is 39.1. The van der Waals surface area contributed by atoms with Gasteiger partial charge in [0.1, 0.15) is 0 Å². The molecular weight excluding hydrogens is 513 g/mol. The van der Waals surface area contributed by atoms with Gasteiger partial charge < -0.3 is 5.32 Å². The van der Waals surface area contributed by atoms with E-state index in [4.69, 9.17) is 5.10 Å². The minimum absolute atomic E-state index is 0.00687. The topological polar surface area (TPSA) is 59.0 Å². The quantitative estimate of drug-likeness (QED) is 0.422. The second kappa shape index (κ2) is 8.59. The minimum Gasteiger partial charge on any atom is -0.349 e. The summed E-state index contributed by atoms with van der Waals surface area (Å²) in [6, 6.07) is 6.56. The first-order valence-electron chi connectivity index (χ1n) is 14.7. The monoisotopic (exact) mass is 556 g/mol. The zero-order valence-electron chi connectivity index (χ0n) is 24.6. The van der Waals surface area contributed by atoms with Crippen molar-refractivity contribution in [3.8, 4) is 0 Å². The number of halogens is 3. The van der Waals surface area contributed by atoms with Crippen LogP contribution >= 0.6 is 0 Å². The molecule has 5 nitrogen and oxygen atoms in total. The third kappa shape index (κ3) is 4.88. The largest absolute Gasteiger partial charge is 0.416 e. The molecule has 1 aromatic carbocycles. The van der Waals surface area contributed by atoms with Gasteiger partial charge in [0.25, 0.3) is 0 Å². The van der Waals surface area contributed by atoms with E-state index in [0.717, 1.165) is 42.7 Å². The Balaban J connectivity index is 1.28. The summed E-state index contributed by atoms with van der Waals surface area (Å²) >= 11 is 0. The van der Waals surface area contributed by atoms with Crippen LogP contribution in [0.3, 0.4) is 0 Å². The van der Waals surface area contributed by atoms with E-state index >= 15 is 0 Å². The predicted molar refractivity (Wildman–Crippen MR) is 149 cm³/mol. The van der Waals surface area contributed by atoms with E-state index in [0.29, 0.717) is 6.42 Å². The number of nitrogens with one attached hydrogen (secondary N) is 2. The molecule has 5 aliphatic rings. The van der Waals surface area contributed by atoms with Crippen molar-refractivity contribution in [1.29, 1.82) is 0 Å². The van der Waals surface area contributed by atoms with Crippen LogP contribution in [0.2, 0.25) is 0 Å². The van der Waals surface area contributed by atoms with Crippen molar-refractivity contribution in [2.75, 3.05) is 0 Å². The van der Waals surface area contributed by atoms with Crippen molar-refractivity contribution >= 4 is 5.91 Å². The number of amides is 1. The fourth-order valence-corrected chi connectivity index (χ4v) is 10.2. The van der Waals surface area contributed by atoms with Crippen LogP contribution in [0.4, 0.5) is 13.2 Å². The molecule has 0 radical (unpaired) electrons. The summed E-state index contributed by atoms with van der Waals surface area (Å²) < 4.78 is 41.7. The number of nitrogens with zero attached hydrogens (tertiary/aromatic N) is 2. The molecule has 4 aliphatic carbocycles. The lowest BCUT2D eigenvalue weighted by Crippen LogP contribution is -2.68. The summed E-state index contributed by atoms with van der Waals surface area (Å²) in [5, 5.41) is 12.0. The third-order valence-corrected chi connectivity index (χ3v) is 10.1. The van der Waals surface area contributed by atoms with Gasteiger partial charge in [-0.2, -0.15) is 18.3 Å². The molecule has 2 aromatic rings. The Morgan fingerprint density at radius 3 is 1.95 bits per heavy atom. The predicted octanol–water partition coefficient (Wildman–Crippen LogP) is 7.10. The van der Waals surface area contributed by atoms with Crippen molar-refractivity contribution in [3.63, 3.8) is 0 Å². The van der Waals surface area contributed by atoms with Gasteiger partial charge in [-0.05, 0) is 106 Å². The van der Waals surface area contributed by atoms with Gasteiger partial charge in [0.2, 0.25) is 5.91 Å². The fourth-order valence-electron chi connectivity index (χ4n) is 10.2. The van der Waals surface area contributed by atoms with Gasteiger partial charge >= 0.3 is 6.18 Å². The first kappa shape index (κ1) is 27.8. The molecule has 5 fully saturated rings. The van der Waals surface area contributed by atoms with Gasteiger partial charge in [-0.1, -0.05) is 32.9 Å². The molecule has 1 aromatic heterocycles. The highest BCUT2D eigenvalue weighted by Crippen LogP contribution is 2.70. The van der Waals surface area contributed by atoms with E-state index in [2.05, 4.69) is 52.2 Å². The lowest BCUT2D eigenvalue weighted by atomic mass is 9.38. The molecule has 1 aliphatic heterocycles. The van der Waals surface area contributed by atoms with Gasteiger partial charge in [-0.3, -0.25) is 14.8 Å². The zero-order valence-corrected chi connectivity index (χ0v) is 24.6. The summed E-state index contributed by atoms with van der Waals surface area (Å²) in [6.07, 6.45) is 4.83. The molecule has 0 spiro atoms. The number of benzene rings is 1. The second-order valence-electron chi connectivity index (χ2n) is 15.8. The molecule has 1 saturated heterocycles. The first-order chi connectivity index (χ1) is 18.4. The number of hydrogen-bond acceptors (Lipinski definition) is 3. The Bertz CT molecular complexity index is 1250. The van der Waals surface area contributed by atoms with Crippen molar-refractivity contribution in [1.82, 2.24) is 20.4 Å². The summed E-state index contributed by atoms with van der Waals surface area (Å²) in [6.45, 7) is 13.4. The van der Waals surface area contributed by atoms with Gasteiger partial charge in [0.15, 0.2) is 0 Å². The van der Waals surface area contributed by atoms with Crippen LogP contribution in [0.5, 0.6) is 0 Å². The average Bonchev–Trinajstić information content (AvgIpc) is 3.42. The molecule has 2 heterocycles. The van der Waals surface area contributed by atoms with E-state index < -0.39 is 17.8 Å². The van der Waals surface area contributed by atoms with E-state index in [9.17, 15) is 18.0 Å². The van der Waals surface area contributed by atoms with Gasteiger partial charge in [-0.25, -0.2) is 0 Å². The number of carbonyl (C=O) groups is 1. The molecule has 40 heavy (non-hydrogen) atoms. The molecule has 8 heteroatoms. The van der Waals surface area contributed by atoms with Crippen molar-refractivity contribution < 1.29 is 18.0 Å². The number of carbonyl (C=O) groups excluding carboxylic acids is 1. The van der Waals surface area contributed by atoms with Gasteiger partial charge in [0, 0.05) is 23.7 Å². The fraction of sp³-hybridized carbons (Fsp3) is 0.688. The molecule has 218 valence electrons. The molecule has 2 N–H and O–H groups in total. The minimum atomic E-state index is -4.39. The van der Waals surface area contributed by atoms with Crippen molar-refractivity contribution in [3.05, 3.63) is 53.3 Å². The molecule has 4 bridgehead atoms. The Labute approximate surface area is 235 Å². The Hall–Kier alpha value is -2.35. The van der Waals surface area contributed by atoms with Crippen LogP contribution in [-0.2, 0) is 16.5 Å². The second-order valence-corrected chi connectivity index (χ2v) is 15.8. The number of alkyl halides is 3. The zero-order chi connectivity index (χ0) is 28.9. The summed E-state index contributed by atoms with van der Waals surface area (Å²) in [5.74, 6) is -0.132. The van der Waals surface area contributed by atoms with E-state index in [1.165, 1.54) is 31.4 Å². The third-order valence-electron chi connectivity index (χ3n) is 10.1. The van der Waals surface area contributed by atoms with Crippen molar-refractivity contribution in [2.24, 2.45) is 16.2 Å². The van der Waals surface area contributed by atoms with Crippen molar-refractivity contribution in [2.45, 2.75) is 122 Å². The number of aromatic nitrogens is 2. The molecule has 4 saturated carbocycles. The van der Waals surface area contributed by atoms with Crippen LogP contribution in [-0.4, -0.2) is 27.3 Å². The summed E-state index contributed by atoms with van der Waals surface area (Å²) in [7, 11) is 0. The smallest absolute Gasteiger partial charge is 0.349 e. The number of rotatable bonds is 4. The molecule has 0 unspecified atom stereocenters. The number of hydrogen-bond donors (Lipinski definition) is 2. The Kier molecular flexibility index (Phi) is 5.97. The Morgan fingerprint density at radius 1 is 0.925 bits per heavy atom.